The van der Waals surface area contributed by atoms with E-state index in [9.17, 15) is 9.90 Å². The molecule has 0 aromatic heterocycles. The standard InChI is InChI=1S/C23H29NO2/c1-15(2)20-11-8-12-21(16(3)18-13-14-18)22(20)24(23(25)26)17(4)19-9-6-5-7-10-19/h5-12,15-18H,13-14H2,1-4H3,(H,25,26)/t16?,17-/m1/s1. The van der Waals surface area contributed by atoms with E-state index in [1.807, 2.05) is 37.3 Å². The summed E-state index contributed by atoms with van der Waals surface area (Å²) in [6.07, 6.45) is 1.60. The molecule has 1 unspecified atom stereocenters. The molecular weight excluding hydrogens is 322 g/mol. The number of hydrogen-bond donors (Lipinski definition) is 1. The highest BCUT2D eigenvalue weighted by molar-refractivity contribution is 5.90. The van der Waals surface area contributed by atoms with Gasteiger partial charge in [-0.05, 0) is 54.2 Å². The monoisotopic (exact) mass is 351 g/mol. The molecule has 1 amide bonds. The first-order valence-electron chi connectivity index (χ1n) is 9.61. The largest absolute Gasteiger partial charge is 0.465 e. The van der Waals surface area contributed by atoms with Crippen LogP contribution in [0.5, 0.6) is 0 Å². The Morgan fingerprint density at radius 2 is 1.58 bits per heavy atom. The van der Waals surface area contributed by atoms with Crippen molar-refractivity contribution < 1.29 is 9.90 Å². The maximum absolute atomic E-state index is 12.4. The molecule has 3 heteroatoms. The lowest BCUT2D eigenvalue weighted by atomic mass is 9.88. The number of nitrogens with zero attached hydrogens (tertiary/aromatic N) is 1. The molecule has 2 aromatic rings. The minimum atomic E-state index is -0.890. The van der Waals surface area contributed by atoms with Gasteiger partial charge in [-0.3, -0.25) is 4.90 Å². The molecule has 1 aliphatic rings. The first-order chi connectivity index (χ1) is 12.4. The Balaban J connectivity index is 2.15. The highest BCUT2D eigenvalue weighted by atomic mass is 16.4. The van der Waals surface area contributed by atoms with Gasteiger partial charge < -0.3 is 5.11 Å². The number of amides is 1. The van der Waals surface area contributed by atoms with E-state index in [1.165, 1.54) is 18.4 Å². The number of anilines is 1. The van der Waals surface area contributed by atoms with Gasteiger partial charge in [-0.2, -0.15) is 0 Å². The van der Waals surface area contributed by atoms with Crippen LogP contribution in [0.2, 0.25) is 0 Å². The van der Waals surface area contributed by atoms with Crippen LogP contribution in [0.15, 0.2) is 48.5 Å². The smallest absolute Gasteiger partial charge is 0.412 e. The second kappa shape index (κ2) is 7.53. The molecule has 1 fully saturated rings. The molecule has 2 aromatic carbocycles. The molecule has 1 aliphatic carbocycles. The summed E-state index contributed by atoms with van der Waals surface area (Å²) in [6.45, 7) is 8.50. The highest BCUT2D eigenvalue weighted by Crippen LogP contribution is 2.47. The van der Waals surface area contributed by atoms with Crippen molar-refractivity contribution in [2.75, 3.05) is 4.90 Å². The van der Waals surface area contributed by atoms with E-state index in [2.05, 4.69) is 39.0 Å². The van der Waals surface area contributed by atoms with Crippen molar-refractivity contribution >= 4 is 11.8 Å². The second-order valence-corrected chi connectivity index (χ2v) is 7.81. The zero-order valence-electron chi connectivity index (χ0n) is 16.1. The van der Waals surface area contributed by atoms with Crippen LogP contribution in [-0.4, -0.2) is 11.2 Å². The number of para-hydroxylation sites is 1. The molecule has 0 bridgehead atoms. The third kappa shape index (κ3) is 3.62. The Bertz CT molecular complexity index is 765. The lowest BCUT2D eigenvalue weighted by Crippen LogP contribution is -2.34. The maximum atomic E-state index is 12.4. The molecule has 3 nitrogen and oxygen atoms in total. The average Bonchev–Trinajstić information content (AvgIpc) is 3.46. The molecule has 1 N–H and O–H groups in total. The summed E-state index contributed by atoms with van der Waals surface area (Å²) in [4.78, 5) is 14.0. The van der Waals surface area contributed by atoms with Crippen molar-refractivity contribution in [3.8, 4) is 0 Å². The first kappa shape index (κ1) is 18.5. The van der Waals surface area contributed by atoms with Crippen LogP contribution in [0.25, 0.3) is 0 Å². The van der Waals surface area contributed by atoms with Gasteiger partial charge in [0, 0.05) is 0 Å². The van der Waals surface area contributed by atoms with Crippen LogP contribution in [0.4, 0.5) is 10.5 Å². The summed E-state index contributed by atoms with van der Waals surface area (Å²) in [5, 5.41) is 10.2. The first-order valence-corrected chi connectivity index (χ1v) is 9.61. The van der Waals surface area contributed by atoms with Gasteiger partial charge in [-0.15, -0.1) is 0 Å². The Morgan fingerprint density at radius 1 is 0.962 bits per heavy atom. The predicted molar refractivity (Wildman–Crippen MR) is 107 cm³/mol. The minimum absolute atomic E-state index is 0.237. The quantitative estimate of drug-likeness (QED) is 0.639. The Kier molecular flexibility index (Phi) is 5.36. The van der Waals surface area contributed by atoms with Gasteiger partial charge in [-0.25, -0.2) is 4.79 Å². The second-order valence-electron chi connectivity index (χ2n) is 7.81. The fourth-order valence-corrected chi connectivity index (χ4v) is 3.88. The molecule has 2 atom stereocenters. The molecular formula is C23H29NO2. The lowest BCUT2D eigenvalue weighted by molar-refractivity contribution is 0.199. The number of rotatable bonds is 6. The van der Waals surface area contributed by atoms with Crippen molar-refractivity contribution in [3.63, 3.8) is 0 Å². The summed E-state index contributed by atoms with van der Waals surface area (Å²) in [5.41, 5.74) is 4.19. The van der Waals surface area contributed by atoms with E-state index in [-0.39, 0.29) is 12.0 Å². The van der Waals surface area contributed by atoms with Gasteiger partial charge in [0.15, 0.2) is 0 Å². The average molecular weight is 351 g/mol. The zero-order chi connectivity index (χ0) is 18.8. The molecule has 26 heavy (non-hydrogen) atoms. The number of hydrogen-bond acceptors (Lipinski definition) is 1. The van der Waals surface area contributed by atoms with E-state index < -0.39 is 6.09 Å². The molecule has 0 saturated heterocycles. The Labute approximate surface area is 156 Å². The third-order valence-electron chi connectivity index (χ3n) is 5.66. The van der Waals surface area contributed by atoms with Crippen molar-refractivity contribution in [2.24, 2.45) is 5.92 Å². The number of carbonyl (C=O) groups is 1. The zero-order valence-corrected chi connectivity index (χ0v) is 16.1. The normalized spacial score (nSPS) is 16.3. The van der Waals surface area contributed by atoms with Gasteiger partial charge in [0.2, 0.25) is 0 Å². The van der Waals surface area contributed by atoms with E-state index in [1.54, 1.807) is 4.90 Å². The SMILES string of the molecule is CC(C)c1cccc(C(C)C2CC2)c1N(C(=O)O)[C@H](C)c1ccccc1. The van der Waals surface area contributed by atoms with Gasteiger partial charge in [0.25, 0.3) is 0 Å². The van der Waals surface area contributed by atoms with Crippen LogP contribution in [-0.2, 0) is 0 Å². The van der Waals surface area contributed by atoms with E-state index >= 15 is 0 Å². The summed E-state index contributed by atoms with van der Waals surface area (Å²) in [7, 11) is 0. The summed E-state index contributed by atoms with van der Waals surface area (Å²) in [6, 6.07) is 15.9. The Hall–Kier alpha value is -2.29. The predicted octanol–water partition coefficient (Wildman–Crippen LogP) is 6.57. The molecule has 138 valence electrons. The van der Waals surface area contributed by atoms with Gasteiger partial charge in [0.05, 0.1) is 11.7 Å². The molecule has 0 spiro atoms. The van der Waals surface area contributed by atoms with Crippen molar-refractivity contribution in [3.05, 3.63) is 65.2 Å². The number of benzene rings is 2. The molecule has 0 heterocycles. The fraction of sp³-hybridized carbons (Fsp3) is 0.435. The molecule has 3 rings (SSSR count). The topological polar surface area (TPSA) is 40.5 Å². The summed E-state index contributed by atoms with van der Waals surface area (Å²) >= 11 is 0. The number of carboxylic acid groups (broad SMARTS) is 1. The van der Waals surface area contributed by atoms with Crippen LogP contribution in [0.1, 0.15) is 75.1 Å². The van der Waals surface area contributed by atoms with Crippen LogP contribution >= 0.6 is 0 Å². The van der Waals surface area contributed by atoms with Gasteiger partial charge in [-0.1, -0.05) is 69.3 Å². The molecule has 0 radical (unpaired) electrons. The van der Waals surface area contributed by atoms with Crippen LogP contribution in [0.3, 0.4) is 0 Å². The Morgan fingerprint density at radius 3 is 2.12 bits per heavy atom. The third-order valence-corrected chi connectivity index (χ3v) is 5.66. The van der Waals surface area contributed by atoms with Crippen LogP contribution < -0.4 is 4.90 Å². The van der Waals surface area contributed by atoms with Gasteiger partial charge >= 0.3 is 6.09 Å². The fourth-order valence-electron chi connectivity index (χ4n) is 3.88. The van der Waals surface area contributed by atoms with Crippen LogP contribution in [0, 0.1) is 5.92 Å². The highest BCUT2D eigenvalue weighted by Gasteiger charge is 2.34. The lowest BCUT2D eigenvalue weighted by Gasteiger charge is -2.33. The van der Waals surface area contributed by atoms with E-state index in [0.29, 0.717) is 11.8 Å². The molecule has 1 saturated carbocycles. The minimum Gasteiger partial charge on any atom is -0.465 e. The van der Waals surface area contributed by atoms with E-state index in [4.69, 9.17) is 0 Å². The summed E-state index contributed by atoms with van der Waals surface area (Å²) in [5.74, 6) is 1.33. The van der Waals surface area contributed by atoms with Gasteiger partial charge in [0.1, 0.15) is 0 Å². The maximum Gasteiger partial charge on any atom is 0.412 e. The van der Waals surface area contributed by atoms with Crippen molar-refractivity contribution in [1.82, 2.24) is 0 Å². The van der Waals surface area contributed by atoms with Crippen molar-refractivity contribution in [2.45, 2.75) is 58.4 Å². The van der Waals surface area contributed by atoms with Crippen molar-refractivity contribution in [1.29, 1.82) is 0 Å². The van der Waals surface area contributed by atoms with E-state index in [0.717, 1.165) is 16.8 Å². The summed E-state index contributed by atoms with van der Waals surface area (Å²) < 4.78 is 0. The molecule has 0 aliphatic heterocycles.